The maximum atomic E-state index is 11.8. The molecule has 1 amide bonds. The van der Waals surface area contributed by atoms with Crippen LogP contribution in [0.25, 0.3) is 0 Å². The molecule has 1 aliphatic rings. The number of hydrogen-bond acceptors (Lipinski definition) is 4. The molecule has 0 unspecified atom stereocenters. The molecule has 5 nitrogen and oxygen atoms in total. The first-order valence-electron chi connectivity index (χ1n) is 7.79. The molecule has 1 fully saturated rings. The molecule has 5 heteroatoms. The largest absolute Gasteiger partial charge is 0.492 e. The number of ether oxygens (including phenoxy) is 1. The second-order valence-corrected chi connectivity index (χ2v) is 6.76. The summed E-state index contributed by atoms with van der Waals surface area (Å²) >= 11 is 0. The summed E-state index contributed by atoms with van der Waals surface area (Å²) in [6.45, 7) is 7.88. The van der Waals surface area contributed by atoms with Crippen LogP contribution in [0.5, 0.6) is 5.75 Å². The molecule has 1 aromatic rings. The molecule has 3 N–H and O–H groups in total. The third kappa shape index (κ3) is 4.71. The number of amides is 1. The standard InChI is InChI=1S/C17H26N2O3/c1-17(2,3)12-4-6-14(7-5-12)22-9-8-18-16(21)15-10-13(20)11-19-15/h4-7,13,15,19-20H,8-11H2,1-3H3,(H,18,21)/t13-,15-/m1/s1. The number of rotatable bonds is 5. The van der Waals surface area contributed by atoms with Crippen LogP contribution in [0, 0.1) is 0 Å². The van der Waals surface area contributed by atoms with E-state index in [2.05, 4.69) is 43.5 Å². The van der Waals surface area contributed by atoms with E-state index in [1.54, 1.807) is 0 Å². The van der Waals surface area contributed by atoms with Crippen molar-refractivity contribution in [1.29, 1.82) is 0 Å². The Kier molecular flexibility index (Phi) is 5.42. The summed E-state index contributed by atoms with van der Waals surface area (Å²) in [5.41, 5.74) is 1.39. The molecule has 0 aromatic heterocycles. The molecule has 22 heavy (non-hydrogen) atoms. The van der Waals surface area contributed by atoms with Crippen molar-refractivity contribution in [3.63, 3.8) is 0 Å². The highest BCUT2D eigenvalue weighted by Crippen LogP contribution is 2.24. The van der Waals surface area contributed by atoms with E-state index in [1.807, 2.05) is 12.1 Å². The Balaban J connectivity index is 1.69. The summed E-state index contributed by atoms with van der Waals surface area (Å²) in [5.74, 6) is 0.722. The van der Waals surface area contributed by atoms with Gasteiger partial charge in [0.2, 0.25) is 5.91 Å². The molecule has 0 aliphatic carbocycles. The highest BCUT2D eigenvalue weighted by atomic mass is 16.5. The number of carbonyl (C=O) groups excluding carboxylic acids is 1. The van der Waals surface area contributed by atoms with Crippen LogP contribution in [0.2, 0.25) is 0 Å². The first kappa shape index (κ1) is 16.8. The smallest absolute Gasteiger partial charge is 0.237 e. The monoisotopic (exact) mass is 306 g/mol. The van der Waals surface area contributed by atoms with Crippen molar-refractivity contribution in [2.24, 2.45) is 0 Å². The van der Waals surface area contributed by atoms with Crippen molar-refractivity contribution in [3.8, 4) is 5.75 Å². The minimum Gasteiger partial charge on any atom is -0.492 e. The van der Waals surface area contributed by atoms with Gasteiger partial charge < -0.3 is 20.5 Å². The number of β-amino-alcohol motifs (C(OH)–C–C–N with tert-alkyl or cyclic N) is 1. The van der Waals surface area contributed by atoms with E-state index in [0.29, 0.717) is 26.1 Å². The quantitative estimate of drug-likeness (QED) is 0.715. The Morgan fingerprint density at radius 2 is 2.05 bits per heavy atom. The molecular formula is C17H26N2O3. The van der Waals surface area contributed by atoms with Crippen molar-refractivity contribution in [1.82, 2.24) is 10.6 Å². The predicted octanol–water partition coefficient (Wildman–Crippen LogP) is 1.20. The fourth-order valence-electron chi connectivity index (χ4n) is 2.43. The lowest BCUT2D eigenvalue weighted by molar-refractivity contribution is -0.123. The van der Waals surface area contributed by atoms with Gasteiger partial charge in [-0.05, 0) is 29.5 Å². The Hall–Kier alpha value is -1.59. The van der Waals surface area contributed by atoms with Gasteiger partial charge in [0.15, 0.2) is 0 Å². The minimum absolute atomic E-state index is 0.0803. The topological polar surface area (TPSA) is 70.6 Å². The summed E-state index contributed by atoms with van der Waals surface area (Å²) in [5, 5.41) is 15.2. The highest BCUT2D eigenvalue weighted by molar-refractivity contribution is 5.82. The Bertz CT molecular complexity index is 494. The van der Waals surface area contributed by atoms with Crippen molar-refractivity contribution >= 4 is 5.91 Å². The molecule has 0 saturated carbocycles. The van der Waals surface area contributed by atoms with Crippen molar-refractivity contribution in [2.45, 2.75) is 44.8 Å². The van der Waals surface area contributed by atoms with Crippen LogP contribution in [0.3, 0.4) is 0 Å². The van der Waals surface area contributed by atoms with E-state index >= 15 is 0 Å². The third-order valence-corrected chi connectivity index (χ3v) is 3.81. The molecule has 2 rings (SSSR count). The molecule has 0 spiro atoms. The second-order valence-electron chi connectivity index (χ2n) is 6.76. The summed E-state index contributed by atoms with van der Waals surface area (Å²) in [6.07, 6.45) is 0.0503. The van der Waals surface area contributed by atoms with Crippen LogP contribution in [0.1, 0.15) is 32.8 Å². The van der Waals surface area contributed by atoms with Crippen LogP contribution in [0.15, 0.2) is 24.3 Å². The van der Waals surface area contributed by atoms with E-state index < -0.39 is 6.10 Å². The first-order chi connectivity index (χ1) is 10.4. The Morgan fingerprint density at radius 1 is 1.36 bits per heavy atom. The van der Waals surface area contributed by atoms with Gasteiger partial charge in [-0.1, -0.05) is 32.9 Å². The molecule has 2 atom stereocenters. The zero-order chi connectivity index (χ0) is 16.2. The van der Waals surface area contributed by atoms with E-state index in [-0.39, 0.29) is 17.4 Å². The zero-order valence-corrected chi connectivity index (χ0v) is 13.6. The van der Waals surface area contributed by atoms with Crippen LogP contribution >= 0.6 is 0 Å². The average molecular weight is 306 g/mol. The Labute approximate surface area is 132 Å². The van der Waals surface area contributed by atoms with Gasteiger partial charge in [-0.2, -0.15) is 0 Å². The molecule has 122 valence electrons. The maximum Gasteiger partial charge on any atom is 0.237 e. The van der Waals surface area contributed by atoms with Gasteiger partial charge in [0, 0.05) is 6.54 Å². The third-order valence-electron chi connectivity index (χ3n) is 3.81. The van der Waals surface area contributed by atoms with Crippen molar-refractivity contribution in [3.05, 3.63) is 29.8 Å². The minimum atomic E-state index is -0.423. The first-order valence-corrected chi connectivity index (χ1v) is 7.79. The summed E-state index contributed by atoms with van der Waals surface area (Å²) < 4.78 is 5.62. The lowest BCUT2D eigenvalue weighted by Gasteiger charge is -2.19. The SMILES string of the molecule is CC(C)(C)c1ccc(OCCNC(=O)[C@H]2C[C@@H](O)CN2)cc1. The number of aliphatic hydroxyl groups excluding tert-OH is 1. The normalized spacial score (nSPS) is 21.6. The van der Waals surface area contributed by atoms with Crippen molar-refractivity contribution in [2.75, 3.05) is 19.7 Å². The molecule has 0 radical (unpaired) electrons. The van der Waals surface area contributed by atoms with Gasteiger partial charge in [0.25, 0.3) is 0 Å². The van der Waals surface area contributed by atoms with E-state index in [9.17, 15) is 9.90 Å². The number of nitrogens with one attached hydrogen (secondary N) is 2. The van der Waals surface area contributed by atoms with Crippen LogP contribution < -0.4 is 15.4 Å². The van der Waals surface area contributed by atoms with E-state index in [4.69, 9.17) is 4.74 Å². The molecular weight excluding hydrogens is 280 g/mol. The highest BCUT2D eigenvalue weighted by Gasteiger charge is 2.27. The van der Waals surface area contributed by atoms with Gasteiger partial charge in [-0.3, -0.25) is 4.79 Å². The van der Waals surface area contributed by atoms with E-state index in [0.717, 1.165) is 5.75 Å². The van der Waals surface area contributed by atoms with Gasteiger partial charge in [-0.25, -0.2) is 0 Å². The zero-order valence-electron chi connectivity index (χ0n) is 13.6. The van der Waals surface area contributed by atoms with Gasteiger partial charge in [0.05, 0.1) is 18.7 Å². The lowest BCUT2D eigenvalue weighted by Crippen LogP contribution is -2.41. The second kappa shape index (κ2) is 7.11. The van der Waals surface area contributed by atoms with Gasteiger partial charge in [0.1, 0.15) is 12.4 Å². The van der Waals surface area contributed by atoms with Crippen molar-refractivity contribution < 1.29 is 14.6 Å². The molecule has 1 saturated heterocycles. The lowest BCUT2D eigenvalue weighted by atomic mass is 9.87. The van der Waals surface area contributed by atoms with Gasteiger partial charge >= 0.3 is 0 Å². The number of hydrogen-bond donors (Lipinski definition) is 3. The fraction of sp³-hybridized carbons (Fsp3) is 0.588. The molecule has 1 aromatic carbocycles. The number of carbonyl (C=O) groups is 1. The average Bonchev–Trinajstić information content (AvgIpc) is 2.89. The van der Waals surface area contributed by atoms with E-state index in [1.165, 1.54) is 5.56 Å². The summed E-state index contributed by atoms with van der Waals surface area (Å²) in [7, 11) is 0. The molecule has 1 aliphatic heterocycles. The number of benzene rings is 1. The molecule has 0 bridgehead atoms. The fourth-order valence-corrected chi connectivity index (χ4v) is 2.43. The van der Waals surface area contributed by atoms with Crippen LogP contribution in [0.4, 0.5) is 0 Å². The Morgan fingerprint density at radius 3 is 2.59 bits per heavy atom. The molecule has 1 heterocycles. The van der Waals surface area contributed by atoms with Gasteiger partial charge in [-0.15, -0.1) is 0 Å². The van der Waals surface area contributed by atoms with Crippen LogP contribution in [-0.4, -0.2) is 42.9 Å². The predicted molar refractivity (Wildman–Crippen MR) is 86.1 cm³/mol. The van der Waals surface area contributed by atoms with Crippen LogP contribution in [-0.2, 0) is 10.2 Å². The number of aliphatic hydroxyl groups is 1. The summed E-state index contributed by atoms with van der Waals surface area (Å²) in [6, 6.07) is 7.76. The summed E-state index contributed by atoms with van der Waals surface area (Å²) in [4.78, 5) is 11.8. The maximum absolute atomic E-state index is 11.8.